The number of fused-ring (bicyclic) bond motifs is 1. The van der Waals surface area contributed by atoms with E-state index in [1.807, 2.05) is 26.0 Å². The summed E-state index contributed by atoms with van der Waals surface area (Å²) in [5.41, 5.74) is 3.85. The summed E-state index contributed by atoms with van der Waals surface area (Å²) in [5, 5.41) is 4.69. The van der Waals surface area contributed by atoms with Crippen LogP contribution in [0.3, 0.4) is 0 Å². The van der Waals surface area contributed by atoms with Crippen molar-refractivity contribution >= 4 is 26.8 Å². The number of benzene rings is 1. The molecule has 1 aromatic carbocycles. The lowest BCUT2D eigenvalue weighted by molar-refractivity contribution is 0.393. The Bertz CT molecular complexity index is 1330. The third-order valence-electron chi connectivity index (χ3n) is 4.94. The van der Waals surface area contributed by atoms with Gasteiger partial charge in [0.2, 0.25) is 0 Å². The van der Waals surface area contributed by atoms with Crippen molar-refractivity contribution in [3.63, 3.8) is 0 Å². The Morgan fingerprint density at radius 1 is 1.10 bits per heavy atom. The molecule has 0 aliphatic heterocycles. The minimum Gasteiger partial charge on any atom is -0.361 e. The Labute approximate surface area is 168 Å². The second kappa shape index (κ2) is 6.97. The van der Waals surface area contributed by atoms with Crippen LogP contribution in [0.1, 0.15) is 23.9 Å². The van der Waals surface area contributed by atoms with Crippen molar-refractivity contribution < 1.29 is 12.9 Å². The molecule has 148 valence electrons. The van der Waals surface area contributed by atoms with Gasteiger partial charge in [-0.2, -0.15) is 0 Å². The molecule has 4 rings (SSSR count). The second-order valence-electron chi connectivity index (χ2n) is 6.73. The Kier molecular flexibility index (Phi) is 4.58. The number of pyridine rings is 1. The van der Waals surface area contributed by atoms with Crippen molar-refractivity contribution in [1.29, 1.82) is 0 Å². The molecule has 0 aliphatic carbocycles. The van der Waals surface area contributed by atoms with Gasteiger partial charge < -0.3 is 4.52 Å². The smallest absolute Gasteiger partial charge is 0.269 e. The average Bonchev–Trinajstić information content (AvgIpc) is 3.28. The lowest BCUT2D eigenvalue weighted by Gasteiger charge is -2.08. The van der Waals surface area contributed by atoms with Crippen molar-refractivity contribution in [2.24, 2.45) is 4.99 Å². The number of hydrogen-bond donors (Lipinski definition) is 0. The summed E-state index contributed by atoms with van der Waals surface area (Å²) in [5.74, 6) is 0.630. The van der Waals surface area contributed by atoms with E-state index in [4.69, 9.17) is 9.51 Å². The van der Waals surface area contributed by atoms with Gasteiger partial charge in [0.05, 0.1) is 21.8 Å². The molecule has 0 radical (unpaired) electrons. The van der Waals surface area contributed by atoms with E-state index in [9.17, 15) is 8.42 Å². The fraction of sp³-hybridized carbons (Fsp3) is 0.190. The zero-order chi connectivity index (χ0) is 20.8. The zero-order valence-corrected chi connectivity index (χ0v) is 17.4. The fourth-order valence-corrected chi connectivity index (χ4v) is 4.70. The van der Waals surface area contributed by atoms with Crippen molar-refractivity contribution in [1.82, 2.24) is 14.1 Å². The highest BCUT2D eigenvalue weighted by molar-refractivity contribution is 7.90. The van der Waals surface area contributed by atoms with Crippen LogP contribution in [0.2, 0.25) is 0 Å². The molecule has 4 aromatic rings. The summed E-state index contributed by atoms with van der Waals surface area (Å²) < 4.78 is 33.2. The number of aliphatic imine (C=N–C) groups is 1. The molecular formula is C21H20N4O3S. The minimum atomic E-state index is -3.83. The Balaban J connectivity index is 2.05. The molecular weight excluding hydrogens is 388 g/mol. The van der Waals surface area contributed by atoms with Gasteiger partial charge in [-0.3, -0.25) is 4.99 Å². The van der Waals surface area contributed by atoms with Crippen LogP contribution in [-0.4, -0.2) is 35.3 Å². The molecule has 0 atom stereocenters. The first-order valence-corrected chi connectivity index (χ1v) is 10.5. The molecule has 0 fully saturated rings. The number of rotatable bonds is 4. The van der Waals surface area contributed by atoms with Crippen LogP contribution in [0.5, 0.6) is 0 Å². The van der Waals surface area contributed by atoms with E-state index in [1.165, 1.54) is 3.97 Å². The van der Waals surface area contributed by atoms with E-state index in [-0.39, 0.29) is 4.90 Å². The van der Waals surface area contributed by atoms with E-state index in [2.05, 4.69) is 10.1 Å². The van der Waals surface area contributed by atoms with Crippen LogP contribution in [0.4, 0.5) is 0 Å². The van der Waals surface area contributed by atoms with Gasteiger partial charge in [0.15, 0.2) is 5.65 Å². The summed E-state index contributed by atoms with van der Waals surface area (Å²) in [6.45, 7) is 5.48. The molecule has 0 aliphatic rings. The lowest BCUT2D eigenvalue weighted by Crippen LogP contribution is -2.12. The SMILES string of the molecule is CN=C(C)c1cn(S(=O)(=O)c2ccccc2)c2nc(-c3c(C)noc3C)ccc12. The van der Waals surface area contributed by atoms with Crippen LogP contribution < -0.4 is 0 Å². The highest BCUT2D eigenvalue weighted by atomic mass is 32.2. The summed E-state index contributed by atoms with van der Waals surface area (Å²) in [6.07, 6.45) is 1.58. The lowest BCUT2D eigenvalue weighted by atomic mass is 10.1. The molecule has 0 saturated carbocycles. The molecule has 0 bridgehead atoms. The minimum absolute atomic E-state index is 0.194. The first kappa shape index (κ1) is 19.1. The van der Waals surface area contributed by atoms with Crippen molar-refractivity contribution in [3.05, 3.63) is 65.7 Å². The Hall–Kier alpha value is -3.26. The predicted octanol–water partition coefficient (Wildman–Crippen LogP) is 3.98. The Morgan fingerprint density at radius 3 is 2.45 bits per heavy atom. The monoisotopic (exact) mass is 408 g/mol. The van der Waals surface area contributed by atoms with Crippen LogP contribution in [0.15, 0.2) is 63.1 Å². The summed E-state index contributed by atoms with van der Waals surface area (Å²) in [4.78, 5) is 9.12. The summed E-state index contributed by atoms with van der Waals surface area (Å²) in [7, 11) is -2.16. The van der Waals surface area contributed by atoms with Gasteiger partial charge >= 0.3 is 0 Å². The number of aromatic nitrogens is 3. The zero-order valence-electron chi connectivity index (χ0n) is 16.5. The Morgan fingerprint density at radius 2 is 1.83 bits per heavy atom. The van der Waals surface area contributed by atoms with Gasteiger partial charge in [0.25, 0.3) is 10.0 Å². The molecule has 29 heavy (non-hydrogen) atoms. The maximum absolute atomic E-state index is 13.4. The molecule has 0 unspecified atom stereocenters. The van der Waals surface area contributed by atoms with Gasteiger partial charge in [-0.1, -0.05) is 23.4 Å². The topological polar surface area (TPSA) is 90.3 Å². The highest BCUT2D eigenvalue weighted by Crippen LogP contribution is 2.31. The van der Waals surface area contributed by atoms with Crippen LogP contribution in [0, 0.1) is 13.8 Å². The van der Waals surface area contributed by atoms with E-state index >= 15 is 0 Å². The number of hydrogen-bond acceptors (Lipinski definition) is 6. The second-order valence-corrected chi connectivity index (χ2v) is 8.55. The van der Waals surface area contributed by atoms with E-state index in [1.54, 1.807) is 50.5 Å². The molecule has 0 N–H and O–H groups in total. The number of aryl methyl sites for hydroxylation is 2. The molecule has 0 amide bonds. The quantitative estimate of drug-likeness (QED) is 0.476. The summed E-state index contributed by atoms with van der Waals surface area (Å²) in [6, 6.07) is 12.0. The van der Waals surface area contributed by atoms with Gasteiger partial charge in [-0.25, -0.2) is 17.4 Å². The first-order chi connectivity index (χ1) is 13.8. The highest BCUT2D eigenvalue weighted by Gasteiger charge is 2.24. The van der Waals surface area contributed by atoms with E-state index in [0.717, 1.165) is 16.8 Å². The third kappa shape index (κ3) is 3.05. The van der Waals surface area contributed by atoms with Crippen molar-refractivity contribution in [3.8, 4) is 11.3 Å². The van der Waals surface area contributed by atoms with Crippen molar-refractivity contribution in [2.45, 2.75) is 25.7 Å². The molecule has 3 heterocycles. The van der Waals surface area contributed by atoms with Crippen LogP contribution in [0.25, 0.3) is 22.3 Å². The van der Waals surface area contributed by atoms with Gasteiger partial charge in [0.1, 0.15) is 5.76 Å². The molecule has 7 nitrogen and oxygen atoms in total. The average molecular weight is 408 g/mol. The van der Waals surface area contributed by atoms with Crippen molar-refractivity contribution in [2.75, 3.05) is 7.05 Å². The molecule has 3 aromatic heterocycles. The third-order valence-corrected chi connectivity index (χ3v) is 6.60. The maximum atomic E-state index is 13.4. The van der Waals surface area contributed by atoms with Crippen LogP contribution in [-0.2, 0) is 10.0 Å². The van der Waals surface area contributed by atoms with Crippen LogP contribution >= 0.6 is 0 Å². The van der Waals surface area contributed by atoms with Gasteiger partial charge in [-0.05, 0) is 45.0 Å². The maximum Gasteiger partial charge on any atom is 0.269 e. The predicted molar refractivity (Wildman–Crippen MR) is 112 cm³/mol. The number of nitrogens with zero attached hydrogens (tertiary/aromatic N) is 4. The molecule has 0 saturated heterocycles. The fourth-order valence-electron chi connectivity index (χ4n) is 3.36. The standard InChI is InChI=1S/C21H20N4O3S/c1-13(22-4)18-12-25(29(26,27)16-8-6-5-7-9-16)21-17(18)10-11-19(23-21)20-14(2)24-28-15(20)3/h5-12H,1-4H3. The molecule has 0 spiro atoms. The largest absolute Gasteiger partial charge is 0.361 e. The van der Waals surface area contributed by atoms with Gasteiger partial charge in [-0.15, -0.1) is 0 Å². The normalized spacial score (nSPS) is 12.6. The van der Waals surface area contributed by atoms with E-state index < -0.39 is 10.0 Å². The molecule has 8 heteroatoms. The van der Waals surface area contributed by atoms with Gasteiger partial charge in [0, 0.05) is 29.9 Å². The van der Waals surface area contributed by atoms with E-state index in [0.29, 0.717) is 28.2 Å². The first-order valence-electron chi connectivity index (χ1n) is 9.04. The summed E-state index contributed by atoms with van der Waals surface area (Å²) >= 11 is 0.